The zero-order chi connectivity index (χ0) is 14.7. The summed E-state index contributed by atoms with van der Waals surface area (Å²) in [7, 11) is 0. The largest absolute Gasteiger partial charge is 0.384 e. The van der Waals surface area contributed by atoms with E-state index in [1.165, 1.54) is 17.3 Å². The Morgan fingerprint density at radius 2 is 2.05 bits per heavy atom. The van der Waals surface area contributed by atoms with Gasteiger partial charge in [0.25, 0.3) is 0 Å². The van der Waals surface area contributed by atoms with Crippen molar-refractivity contribution in [2.45, 2.75) is 13.3 Å². The molecule has 2 aromatic rings. The second kappa shape index (κ2) is 6.17. The second-order valence-corrected chi connectivity index (χ2v) is 5.63. The van der Waals surface area contributed by atoms with Gasteiger partial charge in [0.05, 0.1) is 0 Å². The van der Waals surface area contributed by atoms with Crippen LogP contribution >= 0.6 is 0 Å². The van der Waals surface area contributed by atoms with Gasteiger partial charge in [0.15, 0.2) is 0 Å². The highest BCUT2D eigenvalue weighted by Gasteiger charge is 2.20. The van der Waals surface area contributed by atoms with Gasteiger partial charge in [-0.3, -0.25) is 0 Å². The first-order chi connectivity index (χ1) is 10.3. The number of hydrogen-bond donors (Lipinski definition) is 1. The molecule has 0 aliphatic carbocycles. The lowest BCUT2D eigenvalue weighted by atomic mass is 9.93. The van der Waals surface area contributed by atoms with Crippen molar-refractivity contribution in [3.63, 3.8) is 0 Å². The summed E-state index contributed by atoms with van der Waals surface area (Å²) in [6.45, 7) is 4.93. The zero-order valence-electron chi connectivity index (χ0n) is 12.3. The van der Waals surface area contributed by atoms with E-state index < -0.39 is 0 Å². The topological polar surface area (TPSA) is 15.3 Å². The molecule has 1 aliphatic rings. The summed E-state index contributed by atoms with van der Waals surface area (Å²) in [4.78, 5) is 2.25. The molecular formula is C18H21FN2. The summed E-state index contributed by atoms with van der Waals surface area (Å²) in [5, 5.41) is 3.50. The van der Waals surface area contributed by atoms with E-state index in [-0.39, 0.29) is 5.82 Å². The molecule has 1 heterocycles. The summed E-state index contributed by atoms with van der Waals surface area (Å²) in [6.07, 6.45) is 1.08. The number of hydrogen-bond acceptors (Lipinski definition) is 2. The summed E-state index contributed by atoms with van der Waals surface area (Å²) < 4.78 is 13.4. The monoisotopic (exact) mass is 284 g/mol. The predicted molar refractivity (Wildman–Crippen MR) is 86.4 cm³/mol. The Hall–Kier alpha value is -2.03. The Bertz CT molecular complexity index is 612. The van der Waals surface area contributed by atoms with Gasteiger partial charge in [-0.05, 0) is 49.1 Å². The van der Waals surface area contributed by atoms with Crippen LogP contribution in [-0.2, 0) is 6.42 Å². The maximum atomic E-state index is 13.4. The molecule has 110 valence electrons. The van der Waals surface area contributed by atoms with Crippen molar-refractivity contribution in [2.24, 2.45) is 5.92 Å². The Balaban J connectivity index is 1.71. The molecule has 1 N–H and O–H groups in total. The number of para-hydroxylation sites is 1. The molecule has 0 radical (unpaired) electrons. The van der Waals surface area contributed by atoms with Crippen molar-refractivity contribution in [2.75, 3.05) is 29.9 Å². The van der Waals surface area contributed by atoms with Gasteiger partial charge >= 0.3 is 0 Å². The van der Waals surface area contributed by atoms with Crippen LogP contribution in [0.2, 0.25) is 0 Å². The zero-order valence-corrected chi connectivity index (χ0v) is 12.3. The lowest BCUT2D eigenvalue weighted by Gasteiger charge is -2.32. The molecule has 0 saturated carbocycles. The summed E-state index contributed by atoms with van der Waals surface area (Å²) >= 11 is 0. The van der Waals surface area contributed by atoms with Gasteiger partial charge in [-0.1, -0.05) is 24.3 Å². The SMILES string of the molecule is CCN(CC1CNc2ccccc2C1)c1cccc(F)c1. The molecule has 2 nitrogen and oxygen atoms in total. The molecule has 2 aromatic carbocycles. The van der Waals surface area contributed by atoms with Crippen LogP contribution in [0.1, 0.15) is 12.5 Å². The molecule has 21 heavy (non-hydrogen) atoms. The third-order valence-corrected chi connectivity index (χ3v) is 4.14. The average Bonchev–Trinajstić information content (AvgIpc) is 2.52. The molecule has 1 atom stereocenters. The van der Waals surface area contributed by atoms with Gasteiger partial charge in [0.1, 0.15) is 5.82 Å². The smallest absolute Gasteiger partial charge is 0.125 e. The maximum Gasteiger partial charge on any atom is 0.125 e. The number of nitrogens with zero attached hydrogens (tertiary/aromatic N) is 1. The van der Waals surface area contributed by atoms with Gasteiger partial charge in [-0.25, -0.2) is 4.39 Å². The van der Waals surface area contributed by atoms with E-state index in [9.17, 15) is 4.39 Å². The van der Waals surface area contributed by atoms with Crippen LogP contribution in [0.25, 0.3) is 0 Å². The quantitative estimate of drug-likeness (QED) is 0.915. The van der Waals surface area contributed by atoms with Crippen LogP contribution in [0.3, 0.4) is 0 Å². The van der Waals surface area contributed by atoms with Gasteiger partial charge in [-0.15, -0.1) is 0 Å². The number of nitrogens with one attached hydrogen (secondary N) is 1. The highest BCUT2D eigenvalue weighted by molar-refractivity contribution is 5.53. The number of rotatable bonds is 4. The fourth-order valence-corrected chi connectivity index (χ4v) is 3.04. The average molecular weight is 284 g/mol. The van der Waals surface area contributed by atoms with E-state index in [4.69, 9.17) is 0 Å². The predicted octanol–water partition coefficient (Wildman–Crippen LogP) is 3.94. The van der Waals surface area contributed by atoms with Gasteiger partial charge in [-0.2, -0.15) is 0 Å². The molecule has 1 unspecified atom stereocenters. The summed E-state index contributed by atoms with van der Waals surface area (Å²) in [5.74, 6) is 0.376. The standard InChI is InChI=1S/C18H21FN2/c1-2-21(17-8-5-7-16(19)11-17)13-14-10-15-6-3-4-9-18(15)20-12-14/h3-9,11,14,20H,2,10,12-13H2,1H3. The lowest BCUT2D eigenvalue weighted by molar-refractivity contribution is 0.525. The molecule has 0 bridgehead atoms. The molecular weight excluding hydrogens is 263 g/mol. The molecule has 0 spiro atoms. The van der Waals surface area contributed by atoms with Crippen molar-refractivity contribution < 1.29 is 4.39 Å². The number of benzene rings is 2. The Labute approximate surface area is 125 Å². The molecule has 0 fully saturated rings. The van der Waals surface area contributed by atoms with E-state index >= 15 is 0 Å². The van der Waals surface area contributed by atoms with Crippen LogP contribution in [-0.4, -0.2) is 19.6 Å². The van der Waals surface area contributed by atoms with Gasteiger partial charge < -0.3 is 10.2 Å². The van der Waals surface area contributed by atoms with E-state index in [1.807, 2.05) is 6.07 Å². The van der Waals surface area contributed by atoms with Crippen molar-refractivity contribution in [3.05, 3.63) is 59.9 Å². The van der Waals surface area contributed by atoms with Crippen molar-refractivity contribution >= 4 is 11.4 Å². The highest BCUT2D eigenvalue weighted by atomic mass is 19.1. The fraction of sp³-hybridized carbons (Fsp3) is 0.333. The van der Waals surface area contributed by atoms with Gasteiger partial charge in [0, 0.05) is 31.0 Å². The van der Waals surface area contributed by atoms with Crippen LogP contribution < -0.4 is 10.2 Å². The second-order valence-electron chi connectivity index (χ2n) is 5.63. The molecule has 0 saturated heterocycles. The molecule has 1 aliphatic heterocycles. The minimum Gasteiger partial charge on any atom is -0.384 e. The first-order valence-corrected chi connectivity index (χ1v) is 7.58. The van der Waals surface area contributed by atoms with Crippen LogP contribution in [0, 0.1) is 11.7 Å². The molecule has 3 heteroatoms. The van der Waals surface area contributed by atoms with Crippen LogP contribution in [0.4, 0.5) is 15.8 Å². The molecule has 0 amide bonds. The van der Waals surface area contributed by atoms with Crippen LogP contribution in [0.15, 0.2) is 48.5 Å². The maximum absolute atomic E-state index is 13.4. The Kier molecular flexibility index (Phi) is 4.09. The number of fused-ring (bicyclic) bond motifs is 1. The first-order valence-electron chi connectivity index (χ1n) is 7.58. The van der Waals surface area contributed by atoms with Crippen molar-refractivity contribution in [1.29, 1.82) is 0 Å². The van der Waals surface area contributed by atoms with Gasteiger partial charge in [0.2, 0.25) is 0 Å². The number of halogens is 1. The van der Waals surface area contributed by atoms with Crippen LogP contribution in [0.5, 0.6) is 0 Å². The Morgan fingerprint density at radius 1 is 1.19 bits per heavy atom. The van der Waals surface area contributed by atoms with E-state index in [0.717, 1.165) is 31.7 Å². The number of anilines is 2. The molecule has 3 rings (SSSR count). The third kappa shape index (κ3) is 3.18. The lowest BCUT2D eigenvalue weighted by Crippen LogP contribution is -2.35. The van der Waals surface area contributed by atoms with E-state index in [0.29, 0.717) is 5.92 Å². The highest BCUT2D eigenvalue weighted by Crippen LogP contribution is 2.26. The fourth-order valence-electron chi connectivity index (χ4n) is 3.04. The summed E-state index contributed by atoms with van der Waals surface area (Å²) in [5.41, 5.74) is 3.60. The summed E-state index contributed by atoms with van der Waals surface area (Å²) in [6, 6.07) is 15.4. The van der Waals surface area contributed by atoms with E-state index in [1.54, 1.807) is 12.1 Å². The third-order valence-electron chi connectivity index (χ3n) is 4.14. The van der Waals surface area contributed by atoms with E-state index in [2.05, 4.69) is 41.4 Å². The Morgan fingerprint density at radius 3 is 2.86 bits per heavy atom. The van der Waals surface area contributed by atoms with Crippen molar-refractivity contribution in [3.8, 4) is 0 Å². The normalized spacial score (nSPS) is 17.0. The minimum atomic E-state index is -0.168. The molecule has 0 aromatic heterocycles. The van der Waals surface area contributed by atoms with Crippen molar-refractivity contribution in [1.82, 2.24) is 0 Å². The minimum absolute atomic E-state index is 0.168. The first kappa shape index (κ1) is 13.9.